The maximum absolute atomic E-state index is 9.40. The molecule has 96 valence electrons. The summed E-state index contributed by atoms with van der Waals surface area (Å²) in [5, 5.41) is 10.2. The SMILES string of the molecule is CCC(C)(CO)CN(C)Cc1cccc(Cl)c1. The average Bonchev–Trinajstić information content (AvgIpc) is 2.28. The van der Waals surface area contributed by atoms with Gasteiger partial charge in [-0.05, 0) is 31.2 Å². The van der Waals surface area contributed by atoms with E-state index in [4.69, 9.17) is 11.6 Å². The predicted molar refractivity (Wildman–Crippen MR) is 73.3 cm³/mol. The van der Waals surface area contributed by atoms with Gasteiger partial charge in [0.05, 0.1) is 0 Å². The molecule has 1 N–H and O–H groups in total. The van der Waals surface area contributed by atoms with E-state index >= 15 is 0 Å². The Kier molecular flexibility index (Phi) is 5.44. The van der Waals surface area contributed by atoms with Crippen LogP contribution in [0.25, 0.3) is 0 Å². The molecule has 3 heteroatoms. The third kappa shape index (κ3) is 4.66. The topological polar surface area (TPSA) is 23.5 Å². The molecular weight excluding hydrogens is 234 g/mol. The highest BCUT2D eigenvalue weighted by atomic mass is 35.5. The Balaban J connectivity index is 2.58. The summed E-state index contributed by atoms with van der Waals surface area (Å²) in [5.41, 5.74) is 1.18. The summed E-state index contributed by atoms with van der Waals surface area (Å²) < 4.78 is 0. The number of hydrogen-bond donors (Lipinski definition) is 1. The molecule has 0 saturated carbocycles. The first-order valence-electron chi connectivity index (χ1n) is 6.03. The number of nitrogens with zero attached hydrogens (tertiary/aromatic N) is 1. The van der Waals surface area contributed by atoms with Crippen molar-refractivity contribution in [2.45, 2.75) is 26.8 Å². The number of halogens is 1. The molecular formula is C14H22ClNO. The zero-order valence-electron chi connectivity index (χ0n) is 10.9. The molecule has 17 heavy (non-hydrogen) atoms. The van der Waals surface area contributed by atoms with E-state index in [1.165, 1.54) is 5.56 Å². The highest BCUT2D eigenvalue weighted by Crippen LogP contribution is 2.22. The van der Waals surface area contributed by atoms with Gasteiger partial charge in [0.2, 0.25) is 0 Å². The van der Waals surface area contributed by atoms with Crippen molar-refractivity contribution in [2.24, 2.45) is 5.41 Å². The first kappa shape index (κ1) is 14.5. The van der Waals surface area contributed by atoms with Gasteiger partial charge in [0, 0.05) is 30.1 Å². The highest BCUT2D eigenvalue weighted by Gasteiger charge is 2.22. The van der Waals surface area contributed by atoms with Crippen LogP contribution in [0.1, 0.15) is 25.8 Å². The van der Waals surface area contributed by atoms with Crippen LogP contribution in [-0.2, 0) is 6.54 Å². The van der Waals surface area contributed by atoms with E-state index in [9.17, 15) is 5.11 Å². The Labute approximate surface area is 109 Å². The molecule has 0 aliphatic rings. The Morgan fingerprint density at radius 1 is 1.41 bits per heavy atom. The van der Waals surface area contributed by atoms with Gasteiger partial charge in [0.1, 0.15) is 0 Å². The number of aliphatic hydroxyl groups is 1. The zero-order chi connectivity index (χ0) is 12.9. The summed E-state index contributed by atoms with van der Waals surface area (Å²) >= 11 is 5.96. The molecule has 0 saturated heterocycles. The molecule has 2 nitrogen and oxygen atoms in total. The number of aliphatic hydroxyl groups excluding tert-OH is 1. The minimum Gasteiger partial charge on any atom is -0.396 e. The minimum atomic E-state index is -0.0205. The first-order chi connectivity index (χ1) is 7.99. The fraction of sp³-hybridized carbons (Fsp3) is 0.571. The molecule has 1 aromatic carbocycles. The van der Waals surface area contributed by atoms with Crippen LogP contribution in [0.5, 0.6) is 0 Å². The fourth-order valence-corrected chi connectivity index (χ4v) is 2.14. The van der Waals surface area contributed by atoms with Crippen LogP contribution in [-0.4, -0.2) is 30.2 Å². The van der Waals surface area contributed by atoms with E-state index in [2.05, 4.69) is 31.9 Å². The molecule has 1 aromatic rings. The third-order valence-electron chi connectivity index (χ3n) is 3.23. The third-order valence-corrected chi connectivity index (χ3v) is 3.46. The van der Waals surface area contributed by atoms with E-state index in [0.717, 1.165) is 24.5 Å². The van der Waals surface area contributed by atoms with Gasteiger partial charge in [0.25, 0.3) is 0 Å². The van der Waals surface area contributed by atoms with Crippen LogP contribution < -0.4 is 0 Å². The van der Waals surface area contributed by atoms with E-state index in [1.807, 2.05) is 18.2 Å². The van der Waals surface area contributed by atoms with Gasteiger partial charge in [-0.15, -0.1) is 0 Å². The molecule has 0 amide bonds. The Bertz CT molecular complexity index is 350. The van der Waals surface area contributed by atoms with E-state index in [0.29, 0.717) is 0 Å². The van der Waals surface area contributed by atoms with Crippen LogP contribution in [0.2, 0.25) is 5.02 Å². The lowest BCUT2D eigenvalue weighted by atomic mass is 9.88. The van der Waals surface area contributed by atoms with Gasteiger partial charge >= 0.3 is 0 Å². The maximum atomic E-state index is 9.40. The molecule has 0 heterocycles. The van der Waals surface area contributed by atoms with Gasteiger partial charge in [-0.25, -0.2) is 0 Å². The number of rotatable bonds is 6. The first-order valence-corrected chi connectivity index (χ1v) is 6.41. The van der Waals surface area contributed by atoms with Crippen molar-refractivity contribution in [3.05, 3.63) is 34.9 Å². The summed E-state index contributed by atoms with van der Waals surface area (Å²) in [5.74, 6) is 0. The second-order valence-electron chi connectivity index (χ2n) is 5.12. The molecule has 0 aliphatic heterocycles. The van der Waals surface area contributed by atoms with Crippen molar-refractivity contribution in [3.8, 4) is 0 Å². The second kappa shape index (κ2) is 6.39. The smallest absolute Gasteiger partial charge is 0.0496 e. The van der Waals surface area contributed by atoms with Gasteiger partial charge in [-0.2, -0.15) is 0 Å². The molecule has 0 radical (unpaired) electrons. The fourth-order valence-electron chi connectivity index (χ4n) is 1.93. The van der Waals surface area contributed by atoms with Crippen molar-refractivity contribution >= 4 is 11.6 Å². The molecule has 0 aromatic heterocycles. The lowest BCUT2D eigenvalue weighted by Gasteiger charge is -2.31. The van der Waals surface area contributed by atoms with Crippen LogP contribution in [0.4, 0.5) is 0 Å². The monoisotopic (exact) mass is 255 g/mol. The predicted octanol–water partition coefficient (Wildman–Crippen LogP) is 3.18. The van der Waals surface area contributed by atoms with E-state index < -0.39 is 0 Å². The summed E-state index contributed by atoms with van der Waals surface area (Å²) in [6.45, 7) is 6.19. The van der Waals surface area contributed by atoms with Crippen molar-refractivity contribution in [1.82, 2.24) is 4.90 Å². The van der Waals surface area contributed by atoms with Gasteiger partial charge in [-0.3, -0.25) is 0 Å². The number of benzene rings is 1. The van der Waals surface area contributed by atoms with E-state index in [-0.39, 0.29) is 12.0 Å². The van der Waals surface area contributed by atoms with Crippen molar-refractivity contribution in [2.75, 3.05) is 20.2 Å². The van der Waals surface area contributed by atoms with Crippen molar-refractivity contribution < 1.29 is 5.11 Å². The molecule has 1 unspecified atom stereocenters. The molecule has 1 rings (SSSR count). The molecule has 0 spiro atoms. The van der Waals surface area contributed by atoms with Gasteiger partial charge < -0.3 is 10.0 Å². The Morgan fingerprint density at radius 2 is 2.12 bits per heavy atom. The van der Waals surface area contributed by atoms with Gasteiger partial charge in [0.15, 0.2) is 0 Å². The molecule has 1 atom stereocenters. The number of hydrogen-bond acceptors (Lipinski definition) is 2. The summed E-state index contributed by atoms with van der Waals surface area (Å²) in [6, 6.07) is 7.91. The second-order valence-corrected chi connectivity index (χ2v) is 5.56. The largest absolute Gasteiger partial charge is 0.396 e. The summed E-state index contributed by atoms with van der Waals surface area (Å²) in [6.07, 6.45) is 0.976. The highest BCUT2D eigenvalue weighted by molar-refractivity contribution is 6.30. The average molecular weight is 256 g/mol. The Morgan fingerprint density at radius 3 is 2.65 bits per heavy atom. The van der Waals surface area contributed by atoms with Crippen LogP contribution in [0.15, 0.2) is 24.3 Å². The quantitative estimate of drug-likeness (QED) is 0.844. The minimum absolute atomic E-state index is 0.0205. The summed E-state index contributed by atoms with van der Waals surface area (Å²) in [7, 11) is 2.07. The van der Waals surface area contributed by atoms with E-state index in [1.54, 1.807) is 0 Å². The maximum Gasteiger partial charge on any atom is 0.0496 e. The summed E-state index contributed by atoms with van der Waals surface area (Å²) in [4.78, 5) is 2.23. The molecule has 0 aliphatic carbocycles. The lowest BCUT2D eigenvalue weighted by Crippen LogP contribution is -2.35. The normalized spacial score (nSPS) is 14.9. The molecule has 0 fully saturated rings. The van der Waals surface area contributed by atoms with Crippen molar-refractivity contribution in [3.63, 3.8) is 0 Å². The van der Waals surface area contributed by atoms with Crippen LogP contribution in [0.3, 0.4) is 0 Å². The lowest BCUT2D eigenvalue weighted by molar-refractivity contribution is 0.0930. The van der Waals surface area contributed by atoms with Gasteiger partial charge in [-0.1, -0.05) is 37.6 Å². The van der Waals surface area contributed by atoms with Crippen LogP contribution in [0, 0.1) is 5.41 Å². The standard InChI is InChI=1S/C14H22ClNO/c1-4-14(2,11-17)10-16(3)9-12-6-5-7-13(15)8-12/h5-8,17H,4,9-11H2,1-3H3. The zero-order valence-corrected chi connectivity index (χ0v) is 11.7. The van der Waals surface area contributed by atoms with Crippen molar-refractivity contribution in [1.29, 1.82) is 0 Å². The Hall–Kier alpha value is -0.570. The van der Waals surface area contributed by atoms with Crippen LogP contribution >= 0.6 is 11.6 Å². The molecule has 0 bridgehead atoms.